The fourth-order valence-electron chi connectivity index (χ4n) is 1.32. The Bertz CT molecular complexity index is 471. The van der Waals surface area contributed by atoms with Crippen molar-refractivity contribution < 1.29 is 8.42 Å². The lowest BCUT2D eigenvalue weighted by Gasteiger charge is -2.27. The second-order valence-corrected chi connectivity index (χ2v) is 6.71. The molecular weight excluding hydrogens is 260 g/mol. The van der Waals surface area contributed by atoms with E-state index in [-0.39, 0.29) is 22.0 Å². The quantitative estimate of drug-likeness (QED) is 0.794. The number of halogens is 1. The highest BCUT2D eigenvalue weighted by Gasteiger charge is 2.27. The van der Waals surface area contributed by atoms with Gasteiger partial charge in [0.15, 0.2) is 0 Å². The van der Waals surface area contributed by atoms with E-state index in [4.69, 9.17) is 11.6 Å². The van der Waals surface area contributed by atoms with E-state index in [0.29, 0.717) is 0 Å². The minimum absolute atomic E-state index is 0.0734. The Morgan fingerprint density at radius 1 is 1.29 bits per heavy atom. The van der Waals surface area contributed by atoms with E-state index in [0.717, 1.165) is 0 Å². The Hall–Kier alpha value is -0.650. The normalized spacial score (nSPS) is 14.3. The number of hydrogen-bond donors (Lipinski definition) is 0. The van der Waals surface area contributed by atoms with Gasteiger partial charge in [0, 0.05) is 19.3 Å². The van der Waals surface area contributed by atoms with E-state index in [9.17, 15) is 8.42 Å². The van der Waals surface area contributed by atoms with Gasteiger partial charge in [0.25, 0.3) is 0 Å². The molecule has 0 aliphatic rings. The van der Waals surface area contributed by atoms with E-state index in [2.05, 4.69) is 4.98 Å². The summed E-state index contributed by atoms with van der Waals surface area (Å²) in [6.07, 6.45) is 1.28. The number of aromatic nitrogens is 1. The Balaban J connectivity index is 3.07. The van der Waals surface area contributed by atoms with Gasteiger partial charge in [-0.05, 0) is 25.0 Å². The summed E-state index contributed by atoms with van der Waals surface area (Å²) in [6, 6.07) is 2.87. The number of sulfonamides is 1. The summed E-state index contributed by atoms with van der Waals surface area (Å²) in [6.45, 7) is 5.85. The number of hydrogen-bond acceptors (Lipinski definition) is 3. The summed E-state index contributed by atoms with van der Waals surface area (Å²) in [5.74, 6) is 0.245. The maximum Gasteiger partial charge on any atom is 0.244 e. The van der Waals surface area contributed by atoms with Gasteiger partial charge in [-0.1, -0.05) is 25.4 Å². The molecular formula is C11H17ClN2O2S. The van der Waals surface area contributed by atoms with Gasteiger partial charge in [-0.2, -0.15) is 4.31 Å². The molecule has 17 heavy (non-hydrogen) atoms. The van der Waals surface area contributed by atoms with Crippen LogP contribution in [0.5, 0.6) is 0 Å². The molecule has 0 radical (unpaired) electrons. The Kier molecular flexibility index (Phi) is 4.52. The van der Waals surface area contributed by atoms with Gasteiger partial charge in [-0.3, -0.25) is 0 Å². The third-order valence-electron chi connectivity index (χ3n) is 2.92. The van der Waals surface area contributed by atoms with Crippen LogP contribution in [0, 0.1) is 5.92 Å². The molecule has 96 valence electrons. The minimum atomic E-state index is -3.49. The maximum absolute atomic E-state index is 12.2. The zero-order valence-corrected chi connectivity index (χ0v) is 12.0. The lowest BCUT2D eigenvalue weighted by molar-refractivity contribution is 0.315. The monoisotopic (exact) mass is 276 g/mol. The molecule has 0 spiro atoms. The van der Waals surface area contributed by atoms with Crippen molar-refractivity contribution in [3.8, 4) is 0 Å². The molecule has 0 amide bonds. The van der Waals surface area contributed by atoms with Crippen molar-refractivity contribution in [3.05, 3.63) is 23.5 Å². The van der Waals surface area contributed by atoms with Crippen LogP contribution in [0.25, 0.3) is 0 Å². The van der Waals surface area contributed by atoms with E-state index < -0.39 is 10.0 Å². The third-order valence-corrected chi connectivity index (χ3v) is 5.07. The van der Waals surface area contributed by atoms with Crippen LogP contribution in [0.3, 0.4) is 0 Å². The van der Waals surface area contributed by atoms with Crippen molar-refractivity contribution in [2.24, 2.45) is 5.92 Å². The van der Waals surface area contributed by atoms with Crippen LogP contribution in [-0.4, -0.2) is 30.8 Å². The standard InChI is InChI=1S/C11H17ClN2O2S/c1-8(2)9(3)14(4)17(15,16)10-5-6-11(12)13-7-10/h5-9H,1-4H3. The number of pyridine rings is 1. The fourth-order valence-corrected chi connectivity index (χ4v) is 2.87. The zero-order chi connectivity index (χ0) is 13.2. The lowest BCUT2D eigenvalue weighted by Crippen LogP contribution is -2.38. The topological polar surface area (TPSA) is 50.3 Å². The van der Waals surface area contributed by atoms with Gasteiger partial charge in [0.1, 0.15) is 10.0 Å². The van der Waals surface area contributed by atoms with Gasteiger partial charge in [-0.25, -0.2) is 13.4 Å². The molecule has 6 heteroatoms. The summed E-state index contributed by atoms with van der Waals surface area (Å²) >= 11 is 5.63. The summed E-state index contributed by atoms with van der Waals surface area (Å²) in [5.41, 5.74) is 0. The first-order valence-electron chi connectivity index (χ1n) is 5.36. The Morgan fingerprint density at radius 3 is 2.29 bits per heavy atom. The average molecular weight is 277 g/mol. The smallest absolute Gasteiger partial charge is 0.243 e. The summed E-state index contributed by atoms with van der Waals surface area (Å²) in [5, 5.41) is 0.281. The highest BCUT2D eigenvalue weighted by molar-refractivity contribution is 7.89. The van der Waals surface area contributed by atoms with Crippen LogP contribution in [0.4, 0.5) is 0 Å². The second-order valence-electron chi connectivity index (χ2n) is 4.32. The lowest BCUT2D eigenvalue weighted by atomic mass is 10.1. The van der Waals surface area contributed by atoms with Gasteiger partial charge >= 0.3 is 0 Å². The molecule has 4 nitrogen and oxygen atoms in total. The fraction of sp³-hybridized carbons (Fsp3) is 0.545. The van der Waals surface area contributed by atoms with E-state index >= 15 is 0 Å². The molecule has 1 rings (SSSR count). The van der Waals surface area contributed by atoms with Gasteiger partial charge in [0.05, 0.1) is 0 Å². The first-order chi connectivity index (χ1) is 7.76. The van der Waals surface area contributed by atoms with Crippen molar-refractivity contribution in [3.63, 3.8) is 0 Å². The van der Waals surface area contributed by atoms with Crippen molar-refractivity contribution in [2.75, 3.05) is 7.05 Å². The molecule has 1 aromatic heterocycles. The SMILES string of the molecule is CC(C)C(C)N(C)S(=O)(=O)c1ccc(Cl)nc1. The maximum atomic E-state index is 12.2. The van der Waals surface area contributed by atoms with Crippen LogP contribution in [0.2, 0.25) is 5.15 Å². The number of rotatable bonds is 4. The molecule has 0 N–H and O–H groups in total. The van der Waals surface area contributed by atoms with Crippen molar-refractivity contribution in [1.29, 1.82) is 0 Å². The molecule has 0 bridgehead atoms. The molecule has 1 heterocycles. The first-order valence-corrected chi connectivity index (χ1v) is 7.18. The predicted octanol–water partition coefficient (Wildman–Crippen LogP) is 2.40. The van der Waals surface area contributed by atoms with Crippen LogP contribution < -0.4 is 0 Å². The van der Waals surface area contributed by atoms with Crippen LogP contribution in [-0.2, 0) is 10.0 Å². The Morgan fingerprint density at radius 2 is 1.88 bits per heavy atom. The van der Waals surface area contributed by atoms with Crippen LogP contribution in [0.1, 0.15) is 20.8 Å². The average Bonchev–Trinajstić information content (AvgIpc) is 2.27. The molecule has 0 fully saturated rings. The molecule has 0 aliphatic heterocycles. The first kappa shape index (κ1) is 14.4. The van der Waals surface area contributed by atoms with Crippen LogP contribution in [0.15, 0.2) is 23.2 Å². The highest BCUT2D eigenvalue weighted by atomic mass is 35.5. The Labute approximate surface area is 108 Å². The van der Waals surface area contributed by atoms with E-state index in [1.807, 2.05) is 20.8 Å². The molecule has 1 unspecified atom stereocenters. The van der Waals surface area contributed by atoms with Crippen molar-refractivity contribution >= 4 is 21.6 Å². The summed E-state index contributed by atoms with van der Waals surface area (Å²) in [7, 11) is -1.91. The van der Waals surface area contributed by atoms with Crippen molar-refractivity contribution in [1.82, 2.24) is 9.29 Å². The largest absolute Gasteiger partial charge is 0.244 e. The molecule has 1 atom stereocenters. The third kappa shape index (κ3) is 3.18. The van der Waals surface area contributed by atoms with E-state index in [1.54, 1.807) is 7.05 Å². The zero-order valence-electron chi connectivity index (χ0n) is 10.4. The summed E-state index contributed by atoms with van der Waals surface area (Å²) < 4.78 is 25.8. The van der Waals surface area contributed by atoms with Gasteiger partial charge < -0.3 is 0 Å². The minimum Gasteiger partial charge on any atom is -0.243 e. The van der Waals surface area contributed by atoms with Crippen LogP contribution >= 0.6 is 11.6 Å². The van der Waals surface area contributed by atoms with Crippen molar-refractivity contribution in [2.45, 2.75) is 31.7 Å². The predicted molar refractivity (Wildman–Crippen MR) is 68.5 cm³/mol. The molecule has 0 saturated carbocycles. The molecule has 0 saturated heterocycles. The van der Waals surface area contributed by atoms with Gasteiger partial charge in [-0.15, -0.1) is 0 Å². The van der Waals surface area contributed by atoms with Gasteiger partial charge in [0.2, 0.25) is 10.0 Å². The molecule has 0 aromatic carbocycles. The summed E-state index contributed by atoms with van der Waals surface area (Å²) in [4.78, 5) is 3.96. The second kappa shape index (κ2) is 5.33. The highest BCUT2D eigenvalue weighted by Crippen LogP contribution is 2.20. The molecule has 1 aromatic rings. The number of nitrogens with zero attached hydrogens (tertiary/aromatic N) is 2. The van der Waals surface area contributed by atoms with E-state index in [1.165, 1.54) is 22.6 Å². The molecule has 0 aliphatic carbocycles.